The van der Waals surface area contributed by atoms with Crippen LogP contribution in [-0.2, 0) is 14.8 Å². The van der Waals surface area contributed by atoms with E-state index in [4.69, 9.17) is 5.26 Å². The van der Waals surface area contributed by atoms with Crippen LogP contribution in [0.1, 0.15) is 33.1 Å². The number of carbonyl (C=O) groups excluding carboxylic acids is 1. The predicted molar refractivity (Wildman–Crippen MR) is 76.2 cm³/mol. The molecule has 114 valence electrons. The van der Waals surface area contributed by atoms with E-state index in [-0.39, 0.29) is 24.4 Å². The molecule has 1 aliphatic heterocycles. The van der Waals surface area contributed by atoms with Crippen LogP contribution in [-0.4, -0.2) is 55.5 Å². The third-order valence-electron chi connectivity index (χ3n) is 3.57. The van der Waals surface area contributed by atoms with Gasteiger partial charge in [-0.05, 0) is 26.7 Å². The van der Waals surface area contributed by atoms with E-state index in [1.165, 1.54) is 10.6 Å². The molecule has 0 spiro atoms. The molecular formula is C13H23N3O3S. The molecule has 20 heavy (non-hydrogen) atoms. The fourth-order valence-corrected chi connectivity index (χ4v) is 3.38. The molecule has 0 N–H and O–H groups in total. The van der Waals surface area contributed by atoms with Crippen molar-refractivity contribution in [3.8, 4) is 6.07 Å². The number of piperidine rings is 1. The van der Waals surface area contributed by atoms with Crippen LogP contribution in [0.4, 0.5) is 0 Å². The van der Waals surface area contributed by atoms with Gasteiger partial charge in [0.25, 0.3) is 0 Å². The smallest absolute Gasteiger partial charge is 0.227 e. The molecule has 1 saturated heterocycles. The minimum Gasteiger partial charge on any atom is -0.339 e. The Bertz CT molecular complexity index is 482. The van der Waals surface area contributed by atoms with E-state index in [0.29, 0.717) is 32.4 Å². The molecular weight excluding hydrogens is 278 g/mol. The van der Waals surface area contributed by atoms with Gasteiger partial charge in [-0.3, -0.25) is 4.79 Å². The van der Waals surface area contributed by atoms with Gasteiger partial charge >= 0.3 is 0 Å². The summed E-state index contributed by atoms with van der Waals surface area (Å²) < 4.78 is 24.6. The lowest BCUT2D eigenvalue weighted by Crippen LogP contribution is -2.48. The van der Waals surface area contributed by atoms with Crippen molar-refractivity contribution in [2.45, 2.75) is 39.2 Å². The summed E-state index contributed by atoms with van der Waals surface area (Å²) in [7, 11) is -3.24. The molecule has 1 fully saturated rings. The van der Waals surface area contributed by atoms with E-state index in [0.717, 1.165) is 0 Å². The molecule has 1 rings (SSSR count). The van der Waals surface area contributed by atoms with Crippen molar-refractivity contribution in [3.05, 3.63) is 0 Å². The maximum absolute atomic E-state index is 12.5. The molecule has 1 heterocycles. The third-order valence-corrected chi connectivity index (χ3v) is 4.84. The van der Waals surface area contributed by atoms with E-state index in [1.807, 2.05) is 19.9 Å². The normalized spacial score (nSPS) is 20.6. The number of hydrogen-bond donors (Lipinski definition) is 0. The molecule has 1 aliphatic rings. The minimum absolute atomic E-state index is 0.0180. The van der Waals surface area contributed by atoms with Crippen molar-refractivity contribution >= 4 is 15.9 Å². The van der Waals surface area contributed by atoms with Crippen LogP contribution in [0, 0.1) is 17.2 Å². The number of amides is 1. The van der Waals surface area contributed by atoms with Crippen molar-refractivity contribution in [1.29, 1.82) is 5.26 Å². The average Bonchev–Trinajstić information content (AvgIpc) is 2.37. The van der Waals surface area contributed by atoms with Crippen molar-refractivity contribution in [3.63, 3.8) is 0 Å². The standard InChI is InChI=1S/C13H23N3O3S/c1-11(2)16(9-5-7-14)13(17)12-6-4-8-15(10-12)20(3,18)19/h11-12H,4-6,8-10H2,1-3H3. The van der Waals surface area contributed by atoms with Gasteiger partial charge < -0.3 is 4.90 Å². The number of nitriles is 1. The molecule has 0 saturated carbocycles. The SMILES string of the molecule is CC(C)N(CCC#N)C(=O)C1CCCN(S(C)(=O)=O)C1. The van der Waals surface area contributed by atoms with Crippen LogP contribution in [0.2, 0.25) is 0 Å². The summed E-state index contributed by atoms with van der Waals surface area (Å²) in [5, 5.41) is 8.66. The molecule has 0 aromatic rings. The Kier molecular flexibility index (Phi) is 5.96. The monoisotopic (exact) mass is 301 g/mol. The minimum atomic E-state index is -3.24. The van der Waals surface area contributed by atoms with Crippen molar-refractivity contribution in [2.75, 3.05) is 25.9 Å². The number of hydrogen-bond acceptors (Lipinski definition) is 4. The summed E-state index contributed by atoms with van der Waals surface area (Å²) in [5.41, 5.74) is 0. The molecule has 0 aliphatic carbocycles. The zero-order valence-electron chi connectivity index (χ0n) is 12.4. The second-order valence-corrected chi connectivity index (χ2v) is 7.48. The Balaban J connectivity index is 2.76. The summed E-state index contributed by atoms with van der Waals surface area (Å²) >= 11 is 0. The Labute approximate surface area is 121 Å². The summed E-state index contributed by atoms with van der Waals surface area (Å²) in [6, 6.07) is 2.06. The Morgan fingerprint density at radius 2 is 2.15 bits per heavy atom. The van der Waals surface area contributed by atoms with Crippen LogP contribution in [0.3, 0.4) is 0 Å². The maximum Gasteiger partial charge on any atom is 0.227 e. The van der Waals surface area contributed by atoms with Gasteiger partial charge in [-0.15, -0.1) is 0 Å². The van der Waals surface area contributed by atoms with Gasteiger partial charge in [-0.25, -0.2) is 12.7 Å². The highest BCUT2D eigenvalue weighted by Gasteiger charge is 2.33. The number of nitrogens with zero attached hydrogens (tertiary/aromatic N) is 3. The van der Waals surface area contributed by atoms with Crippen LogP contribution in [0.15, 0.2) is 0 Å². The summed E-state index contributed by atoms with van der Waals surface area (Å²) in [5.74, 6) is -0.330. The lowest BCUT2D eigenvalue weighted by molar-refractivity contribution is -0.138. The fraction of sp³-hybridized carbons (Fsp3) is 0.846. The van der Waals surface area contributed by atoms with Crippen molar-refractivity contribution in [2.24, 2.45) is 5.92 Å². The van der Waals surface area contributed by atoms with Gasteiger partial charge in [-0.1, -0.05) is 0 Å². The van der Waals surface area contributed by atoms with Gasteiger partial charge in [0.2, 0.25) is 15.9 Å². The Morgan fingerprint density at radius 3 is 2.65 bits per heavy atom. The third kappa shape index (κ3) is 4.46. The largest absolute Gasteiger partial charge is 0.339 e. The van der Waals surface area contributed by atoms with E-state index in [9.17, 15) is 13.2 Å². The lowest BCUT2D eigenvalue weighted by atomic mass is 9.97. The summed E-state index contributed by atoms with van der Waals surface area (Å²) in [4.78, 5) is 14.2. The highest BCUT2D eigenvalue weighted by Crippen LogP contribution is 2.21. The van der Waals surface area contributed by atoms with E-state index >= 15 is 0 Å². The van der Waals surface area contributed by atoms with Gasteiger partial charge in [-0.2, -0.15) is 5.26 Å². The highest BCUT2D eigenvalue weighted by atomic mass is 32.2. The highest BCUT2D eigenvalue weighted by molar-refractivity contribution is 7.88. The second-order valence-electron chi connectivity index (χ2n) is 5.49. The Morgan fingerprint density at radius 1 is 1.50 bits per heavy atom. The molecule has 6 nitrogen and oxygen atoms in total. The van der Waals surface area contributed by atoms with Gasteiger partial charge in [0, 0.05) is 25.7 Å². The second kappa shape index (κ2) is 7.04. The van der Waals surface area contributed by atoms with Crippen LogP contribution < -0.4 is 0 Å². The molecule has 1 atom stereocenters. The number of rotatable bonds is 5. The van der Waals surface area contributed by atoms with Gasteiger partial charge in [0.1, 0.15) is 0 Å². The molecule has 1 unspecified atom stereocenters. The first kappa shape index (κ1) is 16.9. The molecule has 0 radical (unpaired) electrons. The van der Waals surface area contributed by atoms with Crippen molar-refractivity contribution < 1.29 is 13.2 Å². The zero-order chi connectivity index (χ0) is 15.3. The Hall–Kier alpha value is -1.13. The van der Waals surface area contributed by atoms with Gasteiger partial charge in [0.05, 0.1) is 24.7 Å². The summed E-state index contributed by atoms with van der Waals surface area (Å²) in [6.07, 6.45) is 2.89. The zero-order valence-corrected chi connectivity index (χ0v) is 13.2. The fourth-order valence-electron chi connectivity index (χ4n) is 2.47. The van der Waals surface area contributed by atoms with Crippen molar-refractivity contribution in [1.82, 2.24) is 9.21 Å². The van der Waals surface area contributed by atoms with E-state index in [2.05, 4.69) is 0 Å². The first-order valence-corrected chi connectivity index (χ1v) is 8.74. The van der Waals surface area contributed by atoms with Crippen LogP contribution in [0.5, 0.6) is 0 Å². The lowest BCUT2D eigenvalue weighted by Gasteiger charge is -2.35. The van der Waals surface area contributed by atoms with Crippen LogP contribution >= 0.6 is 0 Å². The number of sulfonamides is 1. The molecule has 0 aromatic carbocycles. The first-order chi connectivity index (χ1) is 9.27. The predicted octanol–water partition coefficient (Wildman–Crippen LogP) is 0.809. The van der Waals surface area contributed by atoms with E-state index in [1.54, 1.807) is 4.90 Å². The quantitative estimate of drug-likeness (QED) is 0.752. The first-order valence-electron chi connectivity index (χ1n) is 6.90. The maximum atomic E-state index is 12.5. The van der Waals surface area contributed by atoms with Gasteiger partial charge in [0.15, 0.2) is 0 Å². The summed E-state index contributed by atoms with van der Waals surface area (Å²) in [6.45, 7) is 4.97. The van der Waals surface area contributed by atoms with E-state index < -0.39 is 10.0 Å². The van der Waals surface area contributed by atoms with Crippen LogP contribution in [0.25, 0.3) is 0 Å². The molecule has 0 bridgehead atoms. The molecule has 1 amide bonds. The number of carbonyl (C=O) groups is 1. The molecule has 7 heteroatoms. The topological polar surface area (TPSA) is 81.5 Å². The average molecular weight is 301 g/mol. The molecule has 0 aromatic heterocycles.